The molecule has 0 unspecified atom stereocenters. The standard InChI is InChI=1S/C18H26N4O3S2.HI/c1-13-5-7-15(16(11-13)25-4)12-21-18(19-3)20-9-10-22-27(23,24)17-8-6-14(2)26-17;/h5-8,11,22H,9-10,12H2,1-4H3,(H2,19,20,21);1H. The van der Waals surface area contributed by atoms with Crippen LogP contribution in [-0.2, 0) is 16.6 Å². The minimum Gasteiger partial charge on any atom is -0.496 e. The van der Waals surface area contributed by atoms with Gasteiger partial charge in [0, 0.05) is 37.1 Å². The van der Waals surface area contributed by atoms with Crippen molar-refractivity contribution in [1.82, 2.24) is 15.4 Å². The highest BCUT2D eigenvalue weighted by Gasteiger charge is 2.15. The molecule has 0 spiro atoms. The SMILES string of the molecule is CN=C(NCCNS(=O)(=O)c1ccc(C)s1)NCc1ccc(C)cc1OC.I. The third-order valence-corrected chi connectivity index (χ3v) is 6.76. The number of nitrogens with one attached hydrogen (secondary N) is 3. The fourth-order valence-corrected chi connectivity index (χ4v) is 4.75. The summed E-state index contributed by atoms with van der Waals surface area (Å²) in [5, 5.41) is 6.29. The minimum atomic E-state index is -3.46. The van der Waals surface area contributed by atoms with Crippen molar-refractivity contribution < 1.29 is 13.2 Å². The highest BCUT2D eigenvalue weighted by Crippen LogP contribution is 2.20. The van der Waals surface area contributed by atoms with Crippen molar-refractivity contribution in [3.8, 4) is 5.75 Å². The number of methoxy groups -OCH3 is 1. The Labute approximate surface area is 188 Å². The Morgan fingerprint density at radius 1 is 1.14 bits per heavy atom. The summed E-state index contributed by atoms with van der Waals surface area (Å²) in [6.07, 6.45) is 0. The van der Waals surface area contributed by atoms with Gasteiger partial charge in [0.1, 0.15) is 9.96 Å². The Balaban J connectivity index is 0.00000392. The number of aliphatic imine (C=N–C) groups is 1. The summed E-state index contributed by atoms with van der Waals surface area (Å²) < 4.78 is 32.7. The molecule has 10 heteroatoms. The molecule has 7 nitrogen and oxygen atoms in total. The predicted octanol–water partition coefficient (Wildman–Crippen LogP) is 2.64. The first-order valence-electron chi connectivity index (χ1n) is 8.50. The van der Waals surface area contributed by atoms with Crippen molar-refractivity contribution in [2.24, 2.45) is 4.99 Å². The van der Waals surface area contributed by atoms with Crippen molar-refractivity contribution in [3.63, 3.8) is 0 Å². The topological polar surface area (TPSA) is 91.8 Å². The van der Waals surface area contributed by atoms with Crippen molar-refractivity contribution in [3.05, 3.63) is 46.3 Å². The minimum absolute atomic E-state index is 0. The molecule has 0 aliphatic heterocycles. The fourth-order valence-electron chi connectivity index (χ4n) is 2.39. The van der Waals surface area contributed by atoms with Crippen molar-refractivity contribution in [2.75, 3.05) is 27.2 Å². The van der Waals surface area contributed by atoms with E-state index < -0.39 is 10.0 Å². The number of thiophene rings is 1. The summed E-state index contributed by atoms with van der Waals surface area (Å²) >= 11 is 1.25. The molecule has 0 atom stereocenters. The van der Waals surface area contributed by atoms with Gasteiger partial charge >= 0.3 is 0 Å². The lowest BCUT2D eigenvalue weighted by atomic mass is 10.1. The number of ether oxygens (including phenoxy) is 1. The zero-order valence-electron chi connectivity index (χ0n) is 16.4. The molecule has 2 rings (SSSR count). The van der Waals surface area contributed by atoms with Crippen LogP contribution in [0.25, 0.3) is 0 Å². The first kappa shape index (κ1) is 24.7. The molecule has 0 saturated heterocycles. The van der Waals surface area contributed by atoms with E-state index in [2.05, 4.69) is 20.3 Å². The van der Waals surface area contributed by atoms with Crippen LogP contribution in [0.1, 0.15) is 16.0 Å². The Morgan fingerprint density at radius 3 is 2.50 bits per heavy atom. The van der Waals surface area contributed by atoms with Gasteiger partial charge in [-0.05, 0) is 37.6 Å². The first-order valence-corrected chi connectivity index (χ1v) is 10.8. The van der Waals surface area contributed by atoms with Crippen molar-refractivity contribution >= 4 is 51.3 Å². The summed E-state index contributed by atoms with van der Waals surface area (Å²) in [4.78, 5) is 5.11. The molecule has 156 valence electrons. The Bertz CT molecular complexity index is 898. The summed E-state index contributed by atoms with van der Waals surface area (Å²) in [5.74, 6) is 1.40. The van der Waals surface area contributed by atoms with E-state index in [1.54, 1.807) is 26.3 Å². The maximum atomic E-state index is 12.2. The zero-order chi connectivity index (χ0) is 19.9. The van der Waals surface area contributed by atoms with Crippen LogP contribution in [0.15, 0.2) is 39.5 Å². The van der Waals surface area contributed by atoms with Crippen LogP contribution in [0, 0.1) is 13.8 Å². The number of benzene rings is 1. The van der Waals surface area contributed by atoms with Gasteiger partial charge in [-0.2, -0.15) is 0 Å². The zero-order valence-corrected chi connectivity index (χ0v) is 20.4. The van der Waals surface area contributed by atoms with Gasteiger partial charge in [-0.15, -0.1) is 35.3 Å². The van der Waals surface area contributed by atoms with E-state index in [0.29, 0.717) is 23.3 Å². The highest BCUT2D eigenvalue weighted by molar-refractivity contribution is 14.0. The number of guanidine groups is 1. The van der Waals surface area contributed by atoms with Gasteiger partial charge in [-0.25, -0.2) is 13.1 Å². The van der Waals surface area contributed by atoms with E-state index in [4.69, 9.17) is 4.74 Å². The second-order valence-corrected chi connectivity index (χ2v) is 9.21. The summed E-state index contributed by atoms with van der Waals surface area (Å²) in [6, 6.07) is 9.42. The van der Waals surface area contributed by atoms with E-state index in [1.807, 2.05) is 32.0 Å². The molecule has 2 aromatic rings. The van der Waals surface area contributed by atoms with Crippen LogP contribution in [-0.4, -0.2) is 41.6 Å². The monoisotopic (exact) mass is 538 g/mol. The number of halogens is 1. The van der Waals surface area contributed by atoms with Crippen molar-refractivity contribution in [2.45, 2.75) is 24.6 Å². The largest absolute Gasteiger partial charge is 0.496 e. The quantitative estimate of drug-likeness (QED) is 0.208. The molecule has 0 aliphatic carbocycles. The van der Waals surface area contributed by atoms with Crippen LogP contribution >= 0.6 is 35.3 Å². The van der Waals surface area contributed by atoms with Gasteiger partial charge in [-0.1, -0.05) is 12.1 Å². The number of sulfonamides is 1. The maximum absolute atomic E-state index is 12.2. The molecule has 28 heavy (non-hydrogen) atoms. The first-order chi connectivity index (χ1) is 12.9. The van der Waals surface area contributed by atoms with E-state index in [-0.39, 0.29) is 30.5 Å². The van der Waals surface area contributed by atoms with E-state index in [0.717, 1.165) is 21.8 Å². The molecule has 1 heterocycles. The van der Waals surface area contributed by atoms with Gasteiger partial charge in [0.2, 0.25) is 10.0 Å². The van der Waals surface area contributed by atoms with Crippen LogP contribution in [0.2, 0.25) is 0 Å². The van der Waals surface area contributed by atoms with Crippen molar-refractivity contribution in [1.29, 1.82) is 0 Å². The van der Waals surface area contributed by atoms with Gasteiger partial charge in [-0.3, -0.25) is 4.99 Å². The number of aryl methyl sites for hydroxylation is 2. The van der Waals surface area contributed by atoms with Crippen LogP contribution < -0.4 is 20.1 Å². The molecule has 0 saturated carbocycles. The number of hydrogen-bond donors (Lipinski definition) is 3. The molecular formula is C18H27IN4O3S2. The maximum Gasteiger partial charge on any atom is 0.250 e. The Morgan fingerprint density at radius 2 is 1.89 bits per heavy atom. The molecule has 1 aromatic carbocycles. The molecule has 0 amide bonds. The molecule has 1 aromatic heterocycles. The fraction of sp³-hybridized carbons (Fsp3) is 0.389. The van der Waals surface area contributed by atoms with Crippen LogP contribution in [0.5, 0.6) is 5.75 Å². The third kappa shape index (κ3) is 7.22. The molecular weight excluding hydrogens is 511 g/mol. The van der Waals surface area contributed by atoms with Gasteiger partial charge in [0.25, 0.3) is 0 Å². The number of nitrogens with zero attached hydrogens (tertiary/aromatic N) is 1. The Hall–Kier alpha value is -1.37. The van der Waals surface area contributed by atoms with E-state index >= 15 is 0 Å². The molecule has 0 bridgehead atoms. The number of rotatable bonds is 8. The second kappa shape index (κ2) is 11.6. The van der Waals surface area contributed by atoms with Gasteiger partial charge < -0.3 is 15.4 Å². The van der Waals surface area contributed by atoms with Gasteiger partial charge in [0.05, 0.1) is 7.11 Å². The normalized spacial score (nSPS) is 11.6. The summed E-state index contributed by atoms with van der Waals surface area (Å²) in [7, 11) is -0.148. The summed E-state index contributed by atoms with van der Waals surface area (Å²) in [6.45, 7) is 5.11. The lowest BCUT2D eigenvalue weighted by molar-refractivity contribution is 0.408. The molecule has 0 radical (unpaired) electrons. The van der Waals surface area contributed by atoms with Crippen LogP contribution in [0.3, 0.4) is 0 Å². The summed E-state index contributed by atoms with van der Waals surface area (Å²) in [5.41, 5.74) is 2.14. The van der Waals surface area contributed by atoms with Crippen LogP contribution in [0.4, 0.5) is 0 Å². The van der Waals surface area contributed by atoms with Gasteiger partial charge in [0.15, 0.2) is 5.96 Å². The Kier molecular flexibility index (Phi) is 10.2. The predicted molar refractivity (Wildman–Crippen MR) is 126 cm³/mol. The molecule has 3 N–H and O–H groups in total. The lowest BCUT2D eigenvalue weighted by Gasteiger charge is -2.14. The van der Waals surface area contributed by atoms with E-state index in [9.17, 15) is 8.42 Å². The lowest BCUT2D eigenvalue weighted by Crippen LogP contribution is -2.41. The highest BCUT2D eigenvalue weighted by atomic mass is 127. The number of hydrogen-bond acceptors (Lipinski definition) is 5. The van der Waals surface area contributed by atoms with E-state index in [1.165, 1.54) is 11.3 Å². The molecule has 0 aliphatic rings. The second-order valence-electron chi connectivity index (χ2n) is 5.93. The smallest absolute Gasteiger partial charge is 0.250 e. The molecule has 0 fully saturated rings. The average Bonchev–Trinajstić information content (AvgIpc) is 3.09. The average molecular weight is 538 g/mol. The third-order valence-electron chi connectivity index (χ3n) is 3.80.